The summed E-state index contributed by atoms with van der Waals surface area (Å²) in [6.07, 6.45) is 3.72. The first kappa shape index (κ1) is 32.0. The van der Waals surface area contributed by atoms with Crippen molar-refractivity contribution in [3.05, 3.63) is 89.2 Å². The van der Waals surface area contributed by atoms with Crippen molar-refractivity contribution in [2.45, 2.75) is 85.9 Å². The number of rotatable bonds is 13. The molecular weight excluding hydrogens is 510 g/mol. The summed E-state index contributed by atoms with van der Waals surface area (Å²) in [5, 5.41) is 0. The van der Waals surface area contributed by atoms with Gasteiger partial charge in [-0.1, -0.05) is 65.8 Å². The first-order chi connectivity index (χ1) is 19.4. The van der Waals surface area contributed by atoms with Gasteiger partial charge in [-0.15, -0.1) is 0 Å². The number of hydrogen-bond donors (Lipinski definition) is 0. The van der Waals surface area contributed by atoms with Crippen molar-refractivity contribution in [2.75, 3.05) is 20.2 Å². The Morgan fingerprint density at radius 3 is 2.29 bits per heavy atom. The zero-order valence-corrected chi connectivity index (χ0v) is 26.3. The van der Waals surface area contributed by atoms with Crippen molar-refractivity contribution in [2.24, 2.45) is 5.92 Å². The van der Waals surface area contributed by atoms with E-state index in [1.807, 2.05) is 59.6 Å². The first-order valence-electron chi connectivity index (χ1n) is 14.9. The van der Waals surface area contributed by atoms with E-state index in [4.69, 9.17) is 4.74 Å². The molecule has 6 heteroatoms. The highest BCUT2D eigenvalue weighted by Crippen LogP contribution is 2.23. The SMILES string of the molecule is CC[C@@H](C)N(Cc1cccn1Cc1cccc(OC)c1)C(=O)CN(CCC(C)C)C(=O)c1ccc(C(C)(C)C)cc1. The quantitative estimate of drug-likeness (QED) is 0.223. The fourth-order valence-electron chi connectivity index (χ4n) is 4.82. The van der Waals surface area contributed by atoms with Crippen molar-refractivity contribution >= 4 is 11.8 Å². The average Bonchev–Trinajstić information content (AvgIpc) is 3.38. The van der Waals surface area contributed by atoms with E-state index in [2.05, 4.69) is 65.2 Å². The minimum Gasteiger partial charge on any atom is -0.497 e. The summed E-state index contributed by atoms with van der Waals surface area (Å²) in [6, 6.07) is 20.0. The molecule has 0 radical (unpaired) electrons. The highest BCUT2D eigenvalue weighted by Gasteiger charge is 2.26. The van der Waals surface area contributed by atoms with Crippen LogP contribution in [0.5, 0.6) is 5.75 Å². The van der Waals surface area contributed by atoms with Gasteiger partial charge < -0.3 is 19.1 Å². The van der Waals surface area contributed by atoms with E-state index in [-0.39, 0.29) is 29.8 Å². The predicted molar refractivity (Wildman–Crippen MR) is 167 cm³/mol. The molecule has 0 fully saturated rings. The van der Waals surface area contributed by atoms with Crippen LogP contribution < -0.4 is 4.74 Å². The lowest BCUT2D eigenvalue weighted by Crippen LogP contribution is -2.46. The summed E-state index contributed by atoms with van der Waals surface area (Å²) in [4.78, 5) is 31.3. The molecule has 2 aromatic carbocycles. The number of ether oxygens (including phenoxy) is 1. The second kappa shape index (κ2) is 14.4. The molecule has 3 aromatic rings. The average molecular weight is 560 g/mol. The number of hydrogen-bond acceptors (Lipinski definition) is 3. The van der Waals surface area contributed by atoms with Crippen molar-refractivity contribution in [1.82, 2.24) is 14.4 Å². The summed E-state index contributed by atoms with van der Waals surface area (Å²) in [5.74, 6) is 1.13. The van der Waals surface area contributed by atoms with E-state index in [1.165, 1.54) is 5.56 Å². The molecule has 1 heterocycles. The van der Waals surface area contributed by atoms with Crippen molar-refractivity contribution < 1.29 is 14.3 Å². The zero-order valence-electron chi connectivity index (χ0n) is 26.3. The molecule has 0 aliphatic carbocycles. The van der Waals surface area contributed by atoms with Gasteiger partial charge in [0, 0.05) is 36.6 Å². The molecule has 0 N–H and O–H groups in total. The molecule has 0 spiro atoms. The lowest BCUT2D eigenvalue weighted by atomic mass is 9.86. The molecule has 0 unspecified atom stereocenters. The van der Waals surface area contributed by atoms with E-state index < -0.39 is 0 Å². The third-order valence-corrected chi connectivity index (χ3v) is 7.77. The molecule has 0 saturated heterocycles. The minimum atomic E-state index is -0.0926. The van der Waals surface area contributed by atoms with E-state index in [0.29, 0.717) is 31.1 Å². The van der Waals surface area contributed by atoms with Crippen LogP contribution in [0.25, 0.3) is 0 Å². The smallest absolute Gasteiger partial charge is 0.254 e. The number of aromatic nitrogens is 1. The molecule has 1 atom stereocenters. The number of carbonyl (C=O) groups is 2. The standard InChI is InChI=1S/C35H49N3O3/c1-9-27(4)38(24-31-13-11-20-36(31)23-28-12-10-14-32(22-28)41-8)33(39)25-37(21-19-26(2)3)34(40)29-15-17-30(18-16-29)35(5,6)7/h10-18,20,22,26-27H,9,19,21,23-25H2,1-8H3/t27-/m1/s1. The van der Waals surface area contributed by atoms with E-state index >= 15 is 0 Å². The van der Waals surface area contributed by atoms with Gasteiger partial charge in [0.05, 0.1) is 13.7 Å². The maximum atomic E-state index is 13.9. The second-order valence-corrected chi connectivity index (χ2v) is 12.5. The summed E-state index contributed by atoms with van der Waals surface area (Å²) in [5.41, 5.74) is 4.00. The Hall–Kier alpha value is -3.54. The van der Waals surface area contributed by atoms with Gasteiger partial charge in [-0.25, -0.2) is 0 Å². The van der Waals surface area contributed by atoms with Gasteiger partial charge in [0.2, 0.25) is 5.91 Å². The Kier molecular flexibility index (Phi) is 11.2. The van der Waals surface area contributed by atoms with E-state index in [0.717, 1.165) is 29.8 Å². The largest absolute Gasteiger partial charge is 0.497 e. The normalized spacial score (nSPS) is 12.3. The molecule has 41 heavy (non-hydrogen) atoms. The Balaban J connectivity index is 1.81. The Morgan fingerprint density at radius 2 is 1.68 bits per heavy atom. The maximum Gasteiger partial charge on any atom is 0.254 e. The maximum absolute atomic E-state index is 13.9. The summed E-state index contributed by atoms with van der Waals surface area (Å²) in [7, 11) is 1.67. The van der Waals surface area contributed by atoms with Crippen LogP contribution in [0, 0.1) is 5.92 Å². The van der Waals surface area contributed by atoms with Crippen LogP contribution in [0.3, 0.4) is 0 Å². The van der Waals surface area contributed by atoms with Crippen LogP contribution >= 0.6 is 0 Å². The summed E-state index contributed by atoms with van der Waals surface area (Å²) in [6.45, 7) is 16.7. The molecule has 222 valence electrons. The molecule has 2 amide bonds. The minimum absolute atomic E-state index is 0.00983. The number of benzene rings is 2. The van der Waals surface area contributed by atoms with Crippen LogP contribution in [0.4, 0.5) is 0 Å². The highest BCUT2D eigenvalue weighted by atomic mass is 16.5. The van der Waals surface area contributed by atoms with Crippen LogP contribution in [0.2, 0.25) is 0 Å². The van der Waals surface area contributed by atoms with Gasteiger partial charge in [0.25, 0.3) is 5.91 Å². The number of nitrogens with zero attached hydrogens (tertiary/aromatic N) is 3. The molecule has 0 aliphatic heterocycles. The first-order valence-corrected chi connectivity index (χ1v) is 14.9. The molecule has 3 rings (SSSR count). The lowest BCUT2D eigenvalue weighted by molar-refractivity contribution is -0.134. The van der Waals surface area contributed by atoms with Gasteiger partial charge in [0.1, 0.15) is 12.3 Å². The van der Waals surface area contributed by atoms with Gasteiger partial charge in [-0.05, 0) is 78.6 Å². The number of carbonyl (C=O) groups excluding carboxylic acids is 2. The van der Waals surface area contributed by atoms with E-state index in [1.54, 1.807) is 12.0 Å². The third-order valence-electron chi connectivity index (χ3n) is 7.77. The zero-order chi connectivity index (χ0) is 30.2. The van der Waals surface area contributed by atoms with E-state index in [9.17, 15) is 9.59 Å². The molecule has 1 aromatic heterocycles. The topological polar surface area (TPSA) is 54.8 Å². The van der Waals surface area contributed by atoms with Crippen molar-refractivity contribution in [1.29, 1.82) is 0 Å². The fraction of sp³-hybridized carbons (Fsp3) is 0.486. The van der Waals surface area contributed by atoms with Gasteiger partial charge >= 0.3 is 0 Å². The van der Waals surface area contributed by atoms with Crippen LogP contribution in [0.15, 0.2) is 66.9 Å². The fourth-order valence-corrected chi connectivity index (χ4v) is 4.82. The number of amides is 2. The molecule has 6 nitrogen and oxygen atoms in total. The predicted octanol–water partition coefficient (Wildman–Crippen LogP) is 7.16. The van der Waals surface area contributed by atoms with Gasteiger partial charge in [-0.2, -0.15) is 0 Å². The van der Waals surface area contributed by atoms with Crippen molar-refractivity contribution in [3.63, 3.8) is 0 Å². The Bertz CT molecular complexity index is 1270. The molecule has 0 bridgehead atoms. The molecule has 0 saturated carbocycles. The summed E-state index contributed by atoms with van der Waals surface area (Å²) < 4.78 is 7.57. The Labute approximate surface area is 247 Å². The molecule has 0 aliphatic rings. The van der Waals surface area contributed by atoms with Gasteiger partial charge in [-0.3, -0.25) is 9.59 Å². The highest BCUT2D eigenvalue weighted by molar-refractivity contribution is 5.96. The van der Waals surface area contributed by atoms with Crippen LogP contribution in [0.1, 0.15) is 88.5 Å². The third kappa shape index (κ3) is 8.97. The van der Waals surface area contributed by atoms with Crippen LogP contribution in [-0.2, 0) is 23.3 Å². The van der Waals surface area contributed by atoms with Crippen molar-refractivity contribution in [3.8, 4) is 5.75 Å². The van der Waals surface area contributed by atoms with Gasteiger partial charge in [0.15, 0.2) is 0 Å². The van der Waals surface area contributed by atoms with Crippen LogP contribution in [-0.4, -0.2) is 52.4 Å². The Morgan fingerprint density at radius 1 is 0.976 bits per heavy atom. The lowest BCUT2D eigenvalue weighted by Gasteiger charge is -2.32. The number of methoxy groups -OCH3 is 1. The summed E-state index contributed by atoms with van der Waals surface area (Å²) >= 11 is 0. The molecular formula is C35H49N3O3. The second-order valence-electron chi connectivity index (χ2n) is 12.5. The monoisotopic (exact) mass is 559 g/mol.